The van der Waals surface area contributed by atoms with Gasteiger partial charge in [0.25, 0.3) is 5.69 Å². The van der Waals surface area contributed by atoms with Crippen molar-refractivity contribution in [3.8, 4) is 0 Å². The molecule has 0 aliphatic carbocycles. The molecule has 0 unspecified atom stereocenters. The average Bonchev–Trinajstić information content (AvgIpc) is 2.56. The number of hydrogen-bond donors (Lipinski definition) is 1. The Morgan fingerprint density at radius 1 is 1.21 bits per heavy atom. The predicted octanol–water partition coefficient (Wildman–Crippen LogP) is 1.78. The molecule has 0 aromatic heterocycles. The minimum Gasteiger partial charge on any atom is -0.478 e. The Kier molecular flexibility index (Phi) is 7.09. The van der Waals surface area contributed by atoms with Crippen molar-refractivity contribution < 1.29 is 32.8 Å². The van der Waals surface area contributed by atoms with Crippen LogP contribution < -0.4 is 0 Å². The molecule has 1 rings (SSSR count). The number of nitro benzene ring substituents is 1. The molecular formula is C16H23N3O8S. The highest BCUT2D eigenvalue weighted by Gasteiger charge is 2.31. The Balaban J connectivity index is 3.02. The number of carboxylic acids is 1. The number of benzene rings is 1. The van der Waals surface area contributed by atoms with Crippen LogP contribution in [0.15, 0.2) is 23.1 Å². The van der Waals surface area contributed by atoms with Crippen molar-refractivity contribution in [3.05, 3.63) is 33.9 Å². The van der Waals surface area contributed by atoms with Crippen LogP contribution in [0.2, 0.25) is 0 Å². The highest BCUT2D eigenvalue weighted by Crippen LogP contribution is 2.27. The van der Waals surface area contributed by atoms with Gasteiger partial charge in [0, 0.05) is 33.3 Å². The summed E-state index contributed by atoms with van der Waals surface area (Å²) < 4.78 is 31.4. The van der Waals surface area contributed by atoms with Crippen molar-refractivity contribution in [1.29, 1.82) is 0 Å². The second kappa shape index (κ2) is 8.52. The summed E-state index contributed by atoms with van der Waals surface area (Å²) in [5.74, 6) is -1.42. The number of nitrogens with zero attached hydrogens (tertiary/aromatic N) is 3. The normalized spacial score (nSPS) is 11.9. The van der Waals surface area contributed by atoms with Crippen LogP contribution >= 0.6 is 0 Å². The van der Waals surface area contributed by atoms with Gasteiger partial charge in [-0.15, -0.1) is 0 Å². The molecule has 0 atom stereocenters. The van der Waals surface area contributed by atoms with E-state index in [1.165, 1.54) is 19.0 Å². The molecule has 1 aromatic carbocycles. The number of ether oxygens (including phenoxy) is 1. The van der Waals surface area contributed by atoms with Crippen LogP contribution in [0.25, 0.3) is 0 Å². The quantitative estimate of drug-likeness (QED) is 0.521. The maximum Gasteiger partial charge on any atom is 0.410 e. The number of amides is 1. The Hall–Kier alpha value is -2.73. The van der Waals surface area contributed by atoms with Crippen molar-refractivity contribution >= 4 is 27.8 Å². The number of aromatic carboxylic acids is 1. The summed E-state index contributed by atoms with van der Waals surface area (Å²) in [6, 6.07) is 2.55. The van der Waals surface area contributed by atoms with Gasteiger partial charge >= 0.3 is 12.1 Å². The maximum absolute atomic E-state index is 12.7. The van der Waals surface area contributed by atoms with Crippen LogP contribution in [0.4, 0.5) is 10.5 Å². The van der Waals surface area contributed by atoms with Crippen molar-refractivity contribution in [1.82, 2.24) is 9.21 Å². The lowest BCUT2D eigenvalue weighted by molar-refractivity contribution is -0.387. The minimum absolute atomic E-state index is 0.0222. The fourth-order valence-corrected chi connectivity index (χ4v) is 3.32. The molecule has 12 heteroatoms. The molecule has 156 valence electrons. The molecule has 0 spiro atoms. The largest absolute Gasteiger partial charge is 0.478 e. The zero-order valence-corrected chi connectivity index (χ0v) is 17.0. The van der Waals surface area contributed by atoms with E-state index in [4.69, 9.17) is 9.84 Å². The molecule has 28 heavy (non-hydrogen) atoms. The van der Waals surface area contributed by atoms with E-state index in [1.54, 1.807) is 20.8 Å². The van der Waals surface area contributed by atoms with Gasteiger partial charge in [-0.1, -0.05) is 0 Å². The van der Waals surface area contributed by atoms with E-state index in [-0.39, 0.29) is 13.1 Å². The predicted molar refractivity (Wildman–Crippen MR) is 98.7 cm³/mol. The zero-order valence-electron chi connectivity index (χ0n) is 16.2. The van der Waals surface area contributed by atoms with Crippen LogP contribution in [0.1, 0.15) is 31.1 Å². The smallest absolute Gasteiger partial charge is 0.410 e. The first-order valence-electron chi connectivity index (χ1n) is 8.09. The molecular weight excluding hydrogens is 394 g/mol. The maximum atomic E-state index is 12.7. The lowest BCUT2D eigenvalue weighted by atomic mass is 10.2. The van der Waals surface area contributed by atoms with E-state index in [0.717, 1.165) is 16.4 Å². The fourth-order valence-electron chi connectivity index (χ4n) is 2.02. The summed E-state index contributed by atoms with van der Waals surface area (Å²) >= 11 is 0. The van der Waals surface area contributed by atoms with E-state index < -0.39 is 48.8 Å². The first-order valence-corrected chi connectivity index (χ1v) is 9.53. The van der Waals surface area contributed by atoms with Crippen molar-refractivity contribution in [3.63, 3.8) is 0 Å². The Bertz CT molecular complexity index is 876. The van der Waals surface area contributed by atoms with E-state index in [2.05, 4.69) is 0 Å². The number of carbonyl (C=O) groups excluding carboxylic acids is 1. The highest BCUT2D eigenvalue weighted by atomic mass is 32.2. The summed E-state index contributed by atoms with van der Waals surface area (Å²) in [7, 11) is -1.66. The number of hydrogen-bond acceptors (Lipinski definition) is 7. The molecule has 0 saturated carbocycles. The summed E-state index contributed by atoms with van der Waals surface area (Å²) in [5, 5.41) is 20.2. The zero-order chi connectivity index (χ0) is 21.9. The fraction of sp³-hybridized carbons (Fsp3) is 0.500. The van der Waals surface area contributed by atoms with Gasteiger partial charge in [0.1, 0.15) is 5.60 Å². The third-order valence-corrected chi connectivity index (χ3v) is 5.45. The second-order valence-electron chi connectivity index (χ2n) is 6.97. The summed E-state index contributed by atoms with van der Waals surface area (Å²) in [4.78, 5) is 33.7. The number of rotatable bonds is 7. The molecule has 0 radical (unpaired) electrons. The van der Waals surface area contributed by atoms with Crippen molar-refractivity contribution in [2.24, 2.45) is 0 Å². The van der Waals surface area contributed by atoms with E-state index in [9.17, 15) is 28.1 Å². The lowest BCUT2D eigenvalue weighted by Gasteiger charge is -2.26. The first-order chi connectivity index (χ1) is 12.7. The summed E-state index contributed by atoms with van der Waals surface area (Å²) in [6.45, 7) is 4.89. The van der Waals surface area contributed by atoms with E-state index in [0.29, 0.717) is 6.07 Å². The average molecular weight is 417 g/mol. The topological polar surface area (TPSA) is 147 Å². The molecule has 0 heterocycles. The van der Waals surface area contributed by atoms with Gasteiger partial charge in [-0.3, -0.25) is 10.1 Å². The van der Waals surface area contributed by atoms with Crippen LogP contribution in [0, 0.1) is 10.1 Å². The second-order valence-corrected chi connectivity index (χ2v) is 8.99. The van der Waals surface area contributed by atoms with E-state index >= 15 is 0 Å². The third-order valence-electron chi connectivity index (χ3n) is 3.55. The van der Waals surface area contributed by atoms with Crippen LogP contribution in [0.3, 0.4) is 0 Å². The first kappa shape index (κ1) is 23.3. The third kappa shape index (κ3) is 5.89. The standard InChI is InChI=1S/C16H23N3O8S/c1-16(2,3)27-15(22)17(4)8-9-18(5)28(25,26)13-7-6-11(14(20)21)10-12(13)19(23)24/h6-7,10H,8-9H2,1-5H3,(H,20,21). The van der Waals surface area contributed by atoms with Crippen LogP contribution in [-0.2, 0) is 14.8 Å². The molecule has 11 nitrogen and oxygen atoms in total. The number of nitro groups is 1. The highest BCUT2D eigenvalue weighted by molar-refractivity contribution is 7.89. The Labute approximate surface area is 162 Å². The molecule has 1 N–H and O–H groups in total. The summed E-state index contributed by atoms with van der Waals surface area (Å²) in [5.41, 5.74) is -1.96. The Morgan fingerprint density at radius 2 is 1.79 bits per heavy atom. The molecule has 0 saturated heterocycles. The van der Waals surface area contributed by atoms with Crippen LogP contribution in [-0.4, -0.2) is 72.5 Å². The van der Waals surface area contributed by atoms with E-state index in [1.807, 2.05) is 0 Å². The minimum atomic E-state index is -4.29. The van der Waals surface area contributed by atoms with Crippen molar-refractivity contribution in [2.45, 2.75) is 31.3 Å². The monoisotopic (exact) mass is 417 g/mol. The van der Waals surface area contributed by atoms with Gasteiger partial charge in [-0.2, -0.15) is 4.31 Å². The van der Waals surface area contributed by atoms with Crippen LogP contribution in [0.5, 0.6) is 0 Å². The van der Waals surface area contributed by atoms with Gasteiger partial charge in [-0.05, 0) is 32.9 Å². The SMILES string of the molecule is CN(CCN(C)S(=O)(=O)c1ccc(C(=O)O)cc1[N+](=O)[O-])C(=O)OC(C)(C)C. The number of sulfonamides is 1. The molecule has 0 bridgehead atoms. The molecule has 0 aliphatic rings. The van der Waals surface area contributed by atoms with Crippen molar-refractivity contribution in [2.75, 3.05) is 27.2 Å². The number of carboxylic acid groups (broad SMARTS) is 1. The molecule has 0 aliphatic heterocycles. The molecule has 0 fully saturated rings. The number of carbonyl (C=O) groups is 2. The van der Waals surface area contributed by atoms with Gasteiger partial charge < -0.3 is 14.7 Å². The molecule has 1 amide bonds. The van der Waals surface area contributed by atoms with Gasteiger partial charge in [0.2, 0.25) is 10.0 Å². The summed E-state index contributed by atoms with van der Waals surface area (Å²) in [6.07, 6.45) is -0.643. The van der Waals surface area contributed by atoms with Gasteiger partial charge in [-0.25, -0.2) is 18.0 Å². The Morgan fingerprint density at radius 3 is 2.25 bits per heavy atom. The van der Waals surface area contributed by atoms with Gasteiger partial charge in [0.05, 0.1) is 10.5 Å². The van der Waals surface area contributed by atoms with Gasteiger partial charge in [0.15, 0.2) is 4.90 Å². The molecule has 1 aromatic rings. The number of likely N-dealkylation sites (N-methyl/N-ethyl adjacent to an activating group) is 2. The lowest BCUT2D eigenvalue weighted by Crippen LogP contribution is -2.40.